The monoisotopic (exact) mass is 396 g/mol. The van der Waals surface area contributed by atoms with E-state index in [0.717, 1.165) is 16.9 Å². The lowest BCUT2D eigenvalue weighted by atomic mass is 10.0. The number of benzene rings is 1. The van der Waals surface area contributed by atoms with Gasteiger partial charge >= 0.3 is 0 Å². The summed E-state index contributed by atoms with van der Waals surface area (Å²) in [5.41, 5.74) is 3.63. The minimum absolute atomic E-state index is 0.127. The number of nitrogens with one attached hydrogen (secondary N) is 1. The number of morpholine rings is 1. The number of aromatic nitrogens is 2. The first-order valence-corrected chi connectivity index (χ1v) is 9.90. The Morgan fingerprint density at radius 1 is 1.28 bits per heavy atom. The van der Waals surface area contributed by atoms with E-state index < -0.39 is 6.04 Å². The summed E-state index contributed by atoms with van der Waals surface area (Å²) in [5.74, 6) is -0.467. The van der Waals surface area contributed by atoms with Crippen molar-refractivity contribution in [2.24, 2.45) is 0 Å². The summed E-state index contributed by atoms with van der Waals surface area (Å²) in [6, 6.07) is 9.76. The molecule has 7 heteroatoms. The zero-order valence-electron chi connectivity index (χ0n) is 16.5. The van der Waals surface area contributed by atoms with Gasteiger partial charge in [0.2, 0.25) is 5.91 Å². The number of hydrogen-bond donors (Lipinski definition) is 1. The first-order valence-electron chi connectivity index (χ1n) is 9.90. The van der Waals surface area contributed by atoms with E-state index in [0.29, 0.717) is 44.8 Å². The van der Waals surface area contributed by atoms with Crippen LogP contribution in [0.3, 0.4) is 0 Å². The number of aryl methyl sites for hydroxylation is 1. The van der Waals surface area contributed by atoms with Gasteiger partial charge in [0.1, 0.15) is 17.5 Å². The second-order valence-electron chi connectivity index (χ2n) is 7.30. The van der Waals surface area contributed by atoms with Gasteiger partial charge in [-0.05, 0) is 36.2 Å². The second kappa shape index (κ2) is 8.71. The molecule has 3 heterocycles. The number of halogens is 1. The molecule has 1 aromatic carbocycles. The summed E-state index contributed by atoms with van der Waals surface area (Å²) >= 11 is 0. The molecule has 3 aromatic rings. The average Bonchev–Trinajstić information content (AvgIpc) is 3.13. The zero-order chi connectivity index (χ0) is 20.2. The fourth-order valence-electron chi connectivity index (χ4n) is 3.78. The van der Waals surface area contributed by atoms with Crippen LogP contribution in [-0.4, -0.2) is 53.0 Å². The van der Waals surface area contributed by atoms with Gasteiger partial charge in [-0.1, -0.05) is 18.2 Å². The molecule has 1 aliphatic rings. The van der Waals surface area contributed by atoms with Gasteiger partial charge < -0.3 is 14.5 Å². The molecule has 0 saturated carbocycles. The smallest absolute Gasteiger partial charge is 0.241 e. The molecular formula is C22H25FN4O2. The number of pyridine rings is 1. The molecule has 1 fully saturated rings. The topological polar surface area (TPSA) is 58.9 Å². The van der Waals surface area contributed by atoms with E-state index in [-0.39, 0.29) is 11.7 Å². The molecule has 0 radical (unpaired) electrons. The van der Waals surface area contributed by atoms with Crippen molar-refractivity contribution in [2.75, 3.05) is 32.8 Å². The van der Waals surface area contributed by atoms with Crippen molar-refractivity contribution in [3.05, 3.63) is 71.4 Å². The predicted octanol–water partition coefficient (Wildman–Crippen LogP) is 2.51. The second-order valence-corrected chi connectivity index (χ2v) is 7.30. The molecule has 1 saturated heterocycles. The summed E-state index contributed by atoms with van der Waals surface area (Å²) in [6.45, 7) is 4.91. The highest BCUT2D eigenvalue weighted by Crippen LogP contribution is 2.23. The SMILES string of the molecule is Cc1cccn2cc(CCNC(=O)C(c3cccc(F)c3)N3CCOCC3)nc12. The molecule has 1 N–H and O–H groups in total. The number of imidazole rings is 1. The van der Waals surface area contributed by atoms with E-state index in [2.05, 4.69) is 10.3 Å². The van der Waals surface area contributed by atoms with Gasteiger partial charge in [-0.15, -0.1) is 0 Å². The Kier molecular flexibility index (Phi) is 5.87. The molecule has 152 valence electrons. The lowest BCUT2D eigenvalue weighted by Crippen LogP contribution is -2.46. The quantitative estimate of drug-likeness (QED) is 0.696. The first-order chi connectivity index (χ1) is 14.1. The molecule has 1 atom stereocenters. The third kappa shape index (κ3) is 4.46. The number of carbonyl (C=O) groups excluding carboxylic acids is 1. The van der Waals surface area contributed by atoms with Crippen molar-refractivity contribution in [3.63, 3.8) is 0 Å². The third-order valence-corrected chi connectivity index (χ3v) is 5.23. The van der Waals surface area contributed by atoms with Crippen molar-refractivity contribution in [1.29, 1.82) is 0 Å². The van der Waals surface area contributed by atoms with Gasteiger partial charge in [0.15, 0.2) is 0 Å². The highest BCUT2D eigenvalue weighted by Gasteiger charge is 2.29. The summed E-state index contributed by atoms with van der Waals surface area (Å²) in [4.78, 5) is 19.7. The molecule has 29 heavy (non-hydrogen) atoms. The van der Waals surface area contributed by atoms with Crippen LogP contribution in [0.1, 0.15) is 22.9 Å². The molecule has 4 rings (SSSR count). The van der Waals surface area contributed by atoms with Crippen molar-refractivity contribution in [3.8, 4) is 0 Å². The highest BCUT2D eigenvalue weighted by atomic mass is 19.1. The van der Waals surface area contributed by atoms with E-state index in [1.807, 2.05) is 40.8 Å². The number of ether oxygens (including phenoxy) is 1. The van der Waals surface area contributed by atoms with Crippen molar-refractivity contribution in [1.82, 2.24) is 19.6 Å². The van der Waals surface area contributed by atoms with Gasteiger partial charge in [-0.3, -0.25) is 9.69 Å². The number of carbonyl (C=O) groups is 1. The zero-order valence-corrected chi connectivity index (χ0v) is 16.5. The Bertz CT molecular complexity index is 997. The standard InChI is InChI=1S/C22H25FN4O2/c1-16-4-3-9-27-15-19(25-21(16)27)7-8-24-22(28)20(26-10-12-29-13-11-26)17-5-2-6-18(23)14-17/h2-6,9,14-15,20H,7-8,10-13H2,1H3,(H,24,28). The van der Waals surface area contributed by atoms with Crippen LogP contribution in [0.25, 0.3) is 5.65 Å². The number of fused-ring (bicyclic) bond motifs is 1. The van der Waals surface area contributed by atoms with Crippen LogP contribution >= 0.6 is 0 Å². The fraction of sp³-hybridized carbons (Fsp3) is 0.364. The van der Waals surface area contributed by atoms with E-state index >= 15 is 0 Å². The Morgan fingerprint density at radius 2 is 2.10 bits per heavy atom. The van der Waals surface area contributed by atoms with Crippen LogP contribution in [0.4, 0.5) is 4.39 Å². The maximum atomic E-state index is 13.8. The summed E-state index contributed by atoms with van der Waals surface area (Å²) < 4.78 is 21.2. The van der Waals surface area contributed by atoms with Crippen molar-refractivity contribution < 1.29 is 13.9 Å². The molecule has 2 aromatic heterocycles. The van der Waals surface area contributed by atoms with Crippen LogP contribution in [0, 0.1) is 12.7 Å². The minimum atomic E-state index is -0.530. The average molecular weight is 396 g/mol. The summed E-state index contributed by atoms with van der Waals surface area (Å²) in [7, 11) is 0. The van der Waals surface area contributed by atoms with Crippen LogP contribution in [0.15, 0.2) is 48.8 Å². The molecule has 0 aliphatic carbocycles. The van der Waals surface area contributed by atoms with Gasteiger partial charge in [-0.2, -0.15) is 0 Å². The molecule has 1 unspecified atom stereocenters. The largest absolute Gasteiger partial charge is 0.379 e. The summed E-state index contributed by atoms with van der Waals surface area (Å²) in [5, 5.41) is 3.01. The first kappa shape index (κ1) is 19.5. The molecule has 0 bridgehead atoms. The van der Waals surface area contributed by atoms with Crippen LogP contribution in [0.2, 0.25) is 0 Å². The molecule has 6 nitrogen and oxygen atoms in total. The number of nitrogens with zero attached hydrogens (tertiary/aromatic N) is 3. The van der Waals surface area contributed by atoms with Gasteiger partial charge in [-0.25, -0.2) is 9.37 Å². The van der Waals surface area contributed by atoms with E-state index in [9.17, 15) is 9.18 Å². The number of amides is 1. The minimum Gasteiger partial charge on any atom is -0.379 e. The Hall–Kier alpha value is -2.77. The van der Waals surface area contributed by atoms with E-state index in [4.69, 9.17) is 4.74 Å². The predicted molar refractivity (Wildman–Crippen MR) is 108 cm³/mol. The Morgan fingerprint density at radius 3 is 2.86 bits per heavy atom. The lowest BCUT2D eigenvalue weighted by molar-refractivity contribution is -0.128. The van der Waals surface area contributed by atoms with E-state index in [1.165, 1.54) is 12.1 Å². The highest BCUT2D eigenvalue weighted by molar-refractivity contribution is 5.83. The van der Waals surface area contributed by atoms with Crippen molar-refractivity contribution >= 4 is 11.6 Å². The van der Waals surface area contributed by atoms with Crippen LogP contribution in [0.5, 0.6) is 0 Å². The molecular weight excluding hydrogens is 371 g/mol. The third-order valence-electron chi connectivity index (χ3n) is 5.23. The van der Waals surface area contributed by atoms with Crippen LogP contribution < -0.4 is 5.32 Å². The maximum Gasteiger partial charge on any atom is 0.241 e. The Labute approximate surface area is 169 Å². The van der Waals surface area contributed by atoms with Gasteiger partial charge in [0, 0.05) is 38.4 Å². The van der Waals surface area contributed by atoms with E-state index in [1.54, 1.807) is 12.1 Å². The molecule has 0 spiro atoms. The normalized spacial score (nSPS) is 16.1. The summed E-state index contributed by atoms with van der Waals surface area (Å²) in [6.07, 6.45) is 4.59. The number of rotatable bonds is 6. The molecule has 1 aliphatic heterocycles. The lowest BCUT2D eigenvalue weighted by Gasteiger charge is -2.33. The van der Waals surface area contributed by atoms with Crippen LogP contribution in [-0.2, 0) is 16.0 Å². The van der Waals surface area contributed by atoms with Gasteiger partial charge in [0.25, 0.3) is 0 Å². The van der Waals surface area contributed by atoms with Gasteiger partial charge in [0.05, 0.1) is 18.9 Å². The number of hydrogen-bond acceptors (Lipinski definition) is 4. The fourth-order valence-corrected chi connectivity index (χ4v) is 3.78. The Balaban J connectivity index is 1.45. The van der Waals surface area contributed by atoms with Crippen molar-refractivity contribution in [2.45, 2.75) is 19.4 Å². The molecule has 1 amide bonds. The maximum absolute atomic E-state index is 13.8.